The number of amides is 3. The molecular formula is C40H43N9O8S. The van der Waals surface area contributed by atoms with Gasteiger partial charge in [0.05, 0.1) is 35.8 Å². The number of aromatic nitrogens is 3. The molecule has 3 heterocycles. The fourth-order valence-corrected chi connectivity index (χ4v) is 7.20. The number of imidazole rings is 1. The second kappa shape index (κ2) is 18.5. The second-order valence-corrected chi connectivity index (χ2v) is 15.2. The molecule has 0 unspecified atom stereocenters. The van der Waals surface area contributed by atoms with E-state index in [1.165, 1.54) is 35.5 Å². The van der Waals surface area contributed by atoms with E-state index >= 15 is 0 Å². The van der Waals surface area contributed by atoms with Crippen LogP contribution in [-0.4, -0.2) is 98.9 Å². The van der Waals surface area contributed by atoms with E-state index in [1.54, 1.807) is 48.3 Å². The number of para-hydroxylation sites is 2. The smallest absolute Gasteiger partial charge is 0.305 e. The summed E-state index contributed by atoms with van der Waals surface area (Å²) in [5.41, 5.74) is 6.60. The third-order valence-corrected chi connectivity index (χ3v) is 10.4. The van der Waals surface area contributed by atoms with Crippen LogP contribution in [-0.2, 0) is 32.8 Å². The number of hydrogen-bond donors (Lipinski definition) is 6. The molecule has 6 rings (SSSR count). The number of likely N-dealkylation sites (N-methyl/N-ethyl adjacent to an activating group) is 1. The van der Waals surface area contributed by atoms with Crippen LogP contribution in [0.3, 0.4) is 0 Å². The van der Waals surface area contributed by atoms with Crippen molar-refractivity contribution in [1.29, 1.82) is 0 Å². The van der Waals surface area contributed by atoms with Gasteiger partial charge >= 0.3 is 5.97 Å². The van der Waals surface area contributed by atoms with E-state index in [0.717, 1.165) is 23.9 Å². The van der Waals surface area contributed by atoms with Gasteiger partial charge in [-0.25, -0.2) is 9.97 Å². The van der Waals surface area contributed by atoms with Gasteiger partial charge in [0.25, 0.3) is 21.9 Å². The Bertz CT molecular complexity index is 2400. The number of carbonyl (C=O) groups is 4. The maximum absolute atomic E-state index is 14.1. The monoisotopic (exact) mass is 809 g/mol. The van der Waals surface area contributed by atoms with E-state index in [1.807, 2.05) is 24.3 Å². The lowest BCUT2D eigenvalue weighted by molar-refractivity contribution is -0.141. The predicted molar refractivity (Wildman–Crippen MR) is 216 cm³/mol. The number of carboxylic acid groups (broad SMARTS) is 1. The van der Waals surface area contributed by atoms with Crippen molar-refractivity contribution >= 4 is 62.6 Å². The average molecular weight is 810 g/mol. The quantitative estimate of drug-likeness (QED) is 0.0329. The van der Waals surface area contributed by atoms with Crippen LogP contribution in [0.4, 0.5) is 11.5 Å². The summed E-state index contributed by atoms with van der Waals surface area (Å²) < 4.78 is 32.5. The summed E-state index contributed by atoms with van der Waals surface area (Å²) in [5.74, 6) is -0.976. The highest BCUT2D eigenvalue weighted by Gasteiger charge is 2.30. The number of hydrazone groups is 1. The van der Waals surface area contributed by atoms with Crippen molar-refractivity contribution < 1.29 is 37.3 Å². The number of carboxylic acids is 1. The van der Waals surface area contributed by atoms with Crippen molar-refractivity contribution in [3.8, 4) is 0 Å². The summed E-state index contributed by atoms with van der Waals surface area (Å²) in [7, 11) is -2.81. The van der Waals surface area contributed by atoms with Crippen LogP contribution in [0.5, 0.6) is 0 Å². The molecule has 0 bridgehead atoms. The van der Waals surface area contributed by atoms with Gasteiger partial charge in [0.15, 0.2) is 0 Å². The summed E-state index contributed by atoms with van der Waals surface area (Å²) in [6.45, 7) is 1.34. The van der Waals surface area contributed by atoms with E-state index in [-0.39, 0.29) is 47.7 Å². The summed E-state index contributed by atoms with van der Waals surface area (Å²) in [4.78, 5) is 66.1. The third kappa shape index (κ3) is 10.6. The van der Waals surface area contributed by atoms with Crippen molar-refractivity contribution in [2.75, 3.05) is 30.9 Å². The van der Waals surface area contributed by atoms with Crippen molar-refractivity contribution in [3.05, 3.63) is 113 Å². The molecule has 3 amide bonds. The van der Waals surface area contributed by atoms with Gasteiger partial charge in [-0.05, 0) is 66.9 Å². The molecule has 0 fully saturated rings. The molecular weight excluding hydrogens is 767 g/mol. The number of anilines is 2. The Balaban J connectivity index is 1.00. The number of benzene rings is 3. The maximum Gasteiger partial charge on any atom is 0.305 e. The van der Waals surface area contributed by atoms with Crippen LogP contribution < -0.4 is 16.1 Å². The Labute approximate surface area is 334 Å². The number of aliphatic carboxylic acids is 1. The number of pyridine rings is 1. The van der Waals surface area contributed by atoms with Crippen molar-refractivity contribution in [1.82, 2.24) is 30.1 Å². The molecule has 0 radical (unpaired) electrons. The Morgan fingerprint density at radius 2 is 1.76 bits per heavy atom. The Morgan fingerprint density at radius 1 is 1.00 bits per heavy atom. The normalized spacial score (nSPS) is 14.1. The highest BCUT2D eigenvalue weighted by atomic mass is 32.2. The Hall–Kier alpha value is -6.66. The highest BCUT2D eigenvalue weighted by molar-refractivity contribution is 7.86. The predicted octanol–water partition coefficient (Wildman–Crippen LogP) is 4.51. The molecule has 1 atom stereocenters. The Morgan fingerprint density at radius 3 is 2.52 bits per heavy atom. The fourth-order valence-electron chi connectivity index (χ4n) is 6.53. The number of nitrogens with zero attached hydrogens (tertiary/aromatic N) is 5. The molecule has 1 aliphatic heterocycles. The van der Waals surface area contributed by atoms with E-state index in [2.05, 4.69) is 36.1 Å². The number of nitrogens with one attached hydrogen (secondary N) is 4. The van der Waals surface area contributed by atoms with E-state index in [9.17, 15) is 37.3 Å². The second-order valence-electron chi connectivity index (χ2n) is 13.8. The van der Waals surface area contributed by atoms with Crippen molar-refractivity contribution in [2.45, 2.75) is 56.1 Å². The van der Waals surface area contributed by atoms with E-state index in [4.69, 9.17) is 0 Å². The third-order valence-electron chi connectivity index (χ3n) is 9.45. The number of hydrogen-bond acceptors (Lipinski definition) is 11. The van der Waals surface area contributed by atoms with Crippen LogP contribution in [0, 0.1) is 0 Å². The van der Waals surface area contributed by atoms with Crippen LogP contribution >= 0.6 is 0 Å². The fraction of sp³-hybridized carbons (Fsp3) is 0.275. The number of carbonyl (C=O) groups excluding carboxylic acids is 3. The van der Waals surface area contributed by atoms with E-state index in [0.29, 0.717) is 60.0 Å². The average Bonchev–Trinajstić information content (AvgIpc) is 3.57. The zero-order valence-corrected chi connectivity index (χ0v) is 32.4. The molecule has 0 saturated carbocycles. The first-order valence-corrected chi connectivity index (χ1v) is 20.0. The number of fused-ring (bicyclic) bond motifs is 2. The Kier molecular flexibility index (Phi) is 13.1. The molecule has 0 aliphatic carbocycles. The molecule has 0 spiro atoms. The van der Waals surface area contributed by atoms with Crippen LogP contribution in [0.2, 0.25) is 0 Å². The minimum atomic E-state index is -4.42. The first kappa shape index (κ1) is 41.0. The zero-order chi connectivity index (χ0) is 41.2. The summed E-state index contributed by atoms with van der Waals surface area (Å²) >= 11 is 0. The zero-order valence-electron chi connectivity index (χ0n) is 31.6. The molecule has 5 aromatic rings. The van der Waals surface area contributed by atoms with Gasteiger partial charge in [0.1, 0.15) is 22.6 Å². The number of aromatic amines is 1. The minimum absolute atomic E-state index is 0.186. The van der Waals surface area contributed by atoms with Crippen LogP contribution in [0.1, 0.15) is 69.8 Å². The van der Waals surface area contributed by atoms with Crippen molar-refractivity contribution in [2.24, 2.45) is 5.10 Å². The lowest BCUT2D eigenvalue weighted by Gasteiger charge is -2.23. The van der Waals surface area contributed by atoms with Crippen LogP contribution in [0.25, 0.3) is 11.0 Å². The topological polar surface area (TPSA) is 239 Å². The van der Waals surface area contributed by atoms with Gasteiger partial charge in [0, 0.05) is 49.7 Å². The standard InChI is InChI=1S/C40H43N9O8S/c1-48-24-29-20-26(14-16-30(29)44-33(40(48)54)21-37(50)51)39(53)49(25-36-45-31-11-5-6-12-32(31)46-36)19-9-3-2-8-18-41-38(52)28-15-17-35(42-22-28)47-43-23-27-10-4-7-13-34(27)58(55,56)57/h4-7,10-17,20,22-23,33,44H,2-3,8-9,18-19,21,24-25H2,1H3,(H,41,52)(H,42,47)(H,45,46)(H,50,51)(H,55,56,57)/b43-23+/t33-/m0/s1. The number of unbranched alkanes of at least 4 members (excludes halogenated alkanes) is 3. The SMILES string of the molecule is CN1Cc2cc(C(=O)N(CCCCCCNC(=O)c3ccc(N/N=C/c4ccccc4S(=O)(=O)O)nc3)Cc3nc4ccccc4[nH]3)ccc2N[C@@H](CC(=O)O)C1=O. The molecule has 302 valence electrons. The molecule has 0 saturated heterocycles. The minimum Gasteiger partial charge on any atom is -0.481 e. The largest absolute Gasteiger partial charge is 0.481 e. The van der Waals surface area contributed by atoms with Crippen LogP contribution in [0.15, 0.2) is 95.1 Å². The van der Waals surface area contributed by atoms with E-state index < -0.39 is 22.1 Å². The summed E-state index contributed by atoms with van der Waals surface area (Å²) in [5, 5.41) is 19.2. The molecule has 3 aromatic carbocycles. The molecule has 18 heteroatoms. The summed E-state index contributed by atoms with van der Waals surface area (Å²) in [6.07, 6.45) is 5.26. The van der Waals surface area contributed by atoms with Gasteiger partial charge in [0.2, 0.25) is 5.91 Å². The number of H-pyrrole nitrogens is 1. The van der Waals surface area contributed by atoms with Gasteiger partial charge in [-0.3, -0.25) is 29.2 Å². The first-order chi connectivity index (χ1) is 27.9. The molecule has 2 aromatic heterocycles. The van der Waals surface area contributed by atoms with Gasteiger partial charge < -0.3 is 30.5 Å². The summed E-state index contributed by atoms with van der Waals surface area (Å²) in [6, 6.07) is 20.8. The number of rotatable bonds is 17. The molecule has 58 heavy (non-hydrogen) atoms. The maximum atomic E-state index is 14.1. The van der Waals surface area contributed by atoms with Gasteiger partial charge in [-0.1, -0.05) is 43.2 Å². The first-order valence-electron chi connectivity index (χ1n) is 18.5. The van der Waals surface area contributed by atoms with Crippen molar-refractivity contribution in [3.63, 3.8) is 0 Å². The molecule has 1 aliphatic rings. The lowest BCUT2D eigenvalue weighted by atomic mass is 10.1. The lowest BCUT2D eigenvalue weighted by Crippen LogP contribution is -2.39. The van der Waals surface area contributed by atoms with Gasteiger partial charge in [-0.15, -0.1) is 0 Å². The molecule has 6 N–H and O–H groups in total. The molecule has 17 nitrogen and oxygen atoms in total. The highest BCUT2D eigenvalue weighted by Crippen LogP contribution is 2.26. The van der Waals surface area contributed by atoms with Gasteiger partial charge in [-0.2, -0.15) is 13.5 Å².